The van der Waals surface area contributed by atoms with Crippen LogP contribution in [-0.2, 0) is 0 Å². The van der Waals surface area contributed by atoms with Gasteiger partial charge in [-0.2, -0.15) is 0 Å². The van der Waals surface area contributed by atoms with Crippen molar-refractivity contribution in [2.45, 2.75) is 6.92 Å². The Bertz CT molecular complexity index is 277. The first-order chi connectivity index (χ1) is 6.29. The third-order valence-corrected chi connectivity index (χ3v) is 1.62. The van der Waals surface area contributed by atoms with Gasteiger partial charge in [-0.3, -0.25) is 0 Å². The molecular formula is C8H14N4O. The third kappa shape index (κ3) is 2.29. The van der Waals surface area contributed by atoms with Gasteiger partial charge >= 0.3 is 0 Å². The first kappa shape index (κ1) is 9.73. The second-order valence-electron chi connectivity index (χ2n) is 2.56. The summed E-state index contributed by atoms with van der Waals surface area (Å²) in [6, 6.07) is 0. The van der Waals surface area contributed by atoms with E-state index in [2.05, 4.69) is 15.3 Å². The van der Waals surface area contributed by atoms with Crippen molar-refractivity contribution in [1.82, 2.24) is 9.97 Å². The number of aryl methyl sites for hydroxylation is 1. The number of rotatable bonds is 4. The Morgan fingerprint density at radius 1 is 1.54 bits per heavy atom. The molecule has 0 saturated carbocycles. The summed E-state index contributed by atoms with van der Waals surface area (Å²) in [4.78, 5) is 8.06. The van der Waals surface area contributed by atoms with Gasteiger partial charge in [-0.25, -0.2) is 9.97 Å². The maximum Gasteiger partial charge on any atom is 0.182 e. The smallest absolute Gasteiger partial charge is 0.182 e. The van der Waals surface area contributed by atoms with Crippen molar-refractivity contribution < 1.29 is 4.74 Å². The number of hydrogen-bond acceptors (Lipinski definition) is 5. The van der Waals surface area contributed by atoms with Crippen molar-refractivity contribution in [2.24, 2.45) is 5.73 Å². The zero-order valence-corrected chi connectivity index (χ0v) is 7.87. The van der Waals surface area contributed by atoms with Gasteiger partial charge in [-0.15, -0.1) is 0 Å². The van der Waals surface area contributed by atoms with E-state index in [4.69, 9.17) is 10.5 Å². The first-order valence-electron chi connectivity index (χ1n) is 4.09. The highest BCUT2D eigenvalue weighted by Crippen LogP contribution is 2.22. The van der Waals surface area contributed by atoms with Gasteiger partial charge in [0.1, 0.15) is 6.33 Å². The predicted molar refractivity (Wildman–Crippen MR) is 50.9 cm³/mol. The molecule has 0 aliphatic rings. The molecule has 1 aromatic heterocycles. The highest BCUT2D eigenvalue weighted by Gasteiger charge is 2.06. The van der Waals surface area contributed by atoms with Gasteiger partial charge in [0.05, 0.1) is 12.8 Å². The molecular weight excluding hydrogens is 168 g/mol. The minimum atomic E-state index is 0.562. The monoisotopic (exact) mass is 182 g/mol. The number of methoxy groups -OCH3 is 1. The van der Waals surface area contributed by atoms with Crippen LogP contribution in [0.1, 0.15) is 5.69 Å². The zero-order valence-electron chi connectivity index (χ0n) is 7.87. The van der Waals surface area contributed by atoms with Crippen LogP contribution in [0.2, 0.25) is 0 Å². The normalized spacial score (nSPS) is 9.77. The van der Waals surface area contributed by atoms with Crippen LogP contribution in [0.15, 0.2) is 6.33 Å². The molecule has 1 aromatic rings. The number of aromatic nitrogens is 2. The van der Waals surface area contributed by atoms with Crippen LogP contribution >= 0.6 is 0 Å². The fourth-order valence-electron chi connectivity index (χ4n) is 1.02. The number of nitrogens with zero attached hydrogens (tertiary/aromatic N) is 2. The Morgan fingerprint density at radius 3 is 2.92 bits per heavy atom. The van der Waals surface area contributed by atoms with Crippen molar-refractivity contribution in [1.29, 1.82) is 0 Å². The second kappa shape index (κ2) is 4.61. The van der Waals surface area contributed by atoms with Crippen LogP contribution in [0.3, 0.4) is 0 Å². The summed E-state index contributed by atoms with van der Waals surface area (Å²) in [5, 5.41) is 3.05. The van der Waals surface area contributed by atoms with Crippen LogP contribution in [-0.4, -0.2) is 30.2 Å². The summed E-state index contributed by atoms with van der Waals surface area (Å²) in [5.41, 5.74) is 6.18. The predicted octanol–water partition coefficient (Wildman–Crippen LogP) is 0.164. The molecule has 0 radical (unpaired) electrons. The average Bonchev–Trinajstić information content (AvgIpc) is 2.15. The van der Waals surface area contributed by atoms with Crippen molar-refractivity contribution in [2.75, 3.05) is 25.5 Å². The number of ether oxygens (including phenoxy) is 1. The summed E-state index contributed by atoms with van der Waals surface area (Å²) in [5.74, 6) is 1.37. The lowest BCUT2D eigenvalue weighted by Crippen LogP contribution is -2.15. The molecule has 0 spiro atoms. The molecule has 1 heterocycles. The molecule has 5 heteroatoms. The molecule has 5 nitrogen and oxygen atoms in total. The quantitative estimate of drug-likeness (QED) is 0.694. The Balaban J connectivity index is 2.85. The van der Waals surface area contributed by atoms with E-state index < -0.39 is 0 Å². The van der Waals surface area contributed by atoms with Gasteiger partial charge in [-0.1, -0.05) is 0 Å². The molecule has 0 bridgehead atoms. The van der Waals surface area contributed by atoms with Crippen molar-refractivity contribution in [3.63, 3.8) is 0 Å². The summed E-state index contributed by atoms with van der Waals surface area (Å²) in [7, 11) is 1.60. The van der Waals surface area contributed by atoms with Gasteiger partial charge in [0.15, 0.2) is 11.6 Å². The number of nitrogens with two attached hydrogens (primary N) is 1. The summed E-state index contributed by atoms with van der Waals surface area (Å²) in [6.45, 7) is 3.10. The van der Waals surface area contributed by atoms with E-state index in [1.807, 2.05) is 6.92 Å². The minimum absolute atomic E-state index is 0.562. The van der Waals surface area contributed by atoms with Gasteiger partial charge < -0.3 is 15.8 Å². The highest BCUT2D eigenvalue weighted by molar-refractivity contribution is 5.51. The molecule has 3 N–H and O–H groups in total. The van der Waals surface area contributed by atoms with Crippen LogP contribution in [0, 0.1) is 6.92 Å². The van der Waals surface area contributed by atoms with Gasteiger partial charge in [0.2, 0.25) is 0 Å². The van der Waals surface area contributed by atoms with Crippen molar-refractivity contribution >= 4 is 5.82 Å². The van der Waals surface area contributed by atoms with E-state index in [-0.39, 0.29) is 0 Å². The van der Waals surface area contributed by atoms with Gasteiger partial charge in [-0.05, 0) is 6.92 Å². The number of anilines is 1. The first-order valence-corrected chi connectivity index (χ1v) is 4.09. The average molecular weight is 182 g/mol. The standard InChI is InChI=1S/C8H14N4O/c1-6-7(13-2)8(10-4-3-9)12-5-11-6/h5H,3-4,9H2,1-2H3,(H,10,11,12). The van der Waals surface area contributed by atoms with Crippen LogP contribution < -0.4 is 15.8 Å². The Labute approximate surface area is 77.3 Å². The maximum absolute atomic E-state index is 5.36. The van der Waals surface area contributed by atoms with E-state index in [1.165, 1.54) is 6.33 Å². The Hall–Kier alpha value is -1.36. The molecule has 1 rings (SSSR count). The van der Waals surface area contributed by atoms with Crippen molar-refractivity contribution in [3.8, 4) is 5.75 Å². The maximum atomic E-state index is 5.36. The molecule has 0 atom stereocenters. The molecule has 0 unspecified atom stereocenters. The summed E-state index contributed by atoms with van der Waals surface area (Å²) < 4.78 is 5.14. The minimum Gasteiger partial charge on any atom is -0.491 e. The molecule has 13 heavy (non-hydrogen) atoms. The zero-order chi connectivity index (χ0) is 9.68. The highest BCUT2D eigenvalue weighted by atomic mass is 16.5. The lowest BCUT2D eigenvalue weighted by atomic mass is 10.4. The van der Waals surface area contributed by atoms with E-state index in [1.54, 1.807) is 7.11 Å². The van der Waals surface area contributed by atoms with Crippen LogP contribution in [0.5, 0.6) is 5.75 Å². The van der Waals surface area contributed by atoms with Gasteiger partial charge in [0, 0.05) is 13.1 Å². The number of nitrogens with one attached hydrogen (secondary N) is 1. The topological polar surface area (TPSA) is 73.1 Å². The van der Waals surface area contributed by atoms with E-state index >= 15 is 0 Å². The lowest BCUT2D eigenvalue weighted by molar-refractivity contribution is 0.409. The molecule has 0 aliphatic carbocycles. The molecule has 0 aliphatic heterocycles. The van der Waals surface area contributed by atoms with E-state index in [0.717, 1.165) is 5.69 Å². The second-order valence-corrected chi connectivity index (χ2v) is 2.56. The SMILES string of the molecule is COc1c(C)ncnc1NCCN. The Kier molecular flexibility index (Phi) is 3.45. The molecule has 72 valence electrons. The largest absolute Gasteiger partial charge is 0.491 e. The molecule has 0 amide bonds. The Morgan fingerprint density at radius 2 is 2.31 bits per heavy atom. The van der Waals surface area contributed by atoms with Crippen molar-refractivity contribution in [3.05, 3.63) is 12.0 Å². The third-order valence-electron chi connectivity index (χ3n) is 1.62. The van der Waals surface area contributed by atoms with E-state index in [0.29, 0.717) is 24.7 Å². The summed E-state index contributed by atoms with van der Waals surface area (Å²) in [6.07, 6.45) is 1.50. The lowest BCUT2D eigenvalue weighted by Gasteiger charge is -2.09. The number of hydrogen-bond donors (Lipinski definition) is 2. The molecule has 0 fully saturated rings. The van der Waals surface area contributed by atoms with Crippen LogP contribution in [0.25, 0.3) is 0 Å². The molecule has 0 saturated heterocycles. The molecule has 0 aromatic carbocycles. The van der Waals surface area contributed by atoms with E-state index in [9.17, 15) is 0 Å². The fourth-order valence-corrected chi connectivity index (χ4v) is 1.02. The van der Waals surface area contributed by atoms with Gasteiger partial charge in [0.25, 0.3) is 0 Å². The fraction of sp³-hybridized carbons (Fsp3) is 0.500. The van der Waals surface area contributed by atoms with Crippen LogP contribution in [0.4, 0.5) is 5.82 Å². The summed E-state index contributed by atoms with van der Waals surface area (Å²) >= 11 is 0.